The lowest BCUT2D eigenvalue weighted by atomic mass is 9.82. The molecule has 20 aromatic carbocycles. The predicted molar refractivity (Wildman–Crippen MR) is 577 cm³/mol. The largest absolute Gasteiger partial charge is 0.309 e. The van der Waals surface area contributed by atoms with Gasteiger partial charge in [-0.15, -0.1) is 0 Å². The van der Waals surface area contributed by atoms with Gasteiger partial charge in [0.15, 0.2) is 0 Å². The zero-order valence-corrected chi connectivity index (χ0v) is 77.4. The number of fused-ring (bicyclic) bond motifs is 24. The summed E-state index contributed by atoms with van der Waals surface area (Å²) in [6.45, 7) is 18.0. The molecule has 648 valence electrons. The second kappa shape index (κ2) is 32.0. The van der Waals surface area contributed by atoms with E-state index in [1.54, 1.807) is 0 Å². The topological polar surface area (TPSA) is 29.6 Å². The van der Waals surface area contributed by atoms with Crippen molar-refractivity contribution in [1.29, 1.82) is 0 Å². The predicted octanol–water partition coefficient (Wildman–Crippen LogP) is 34.5. The SMILES string of the molecule is Cc1ccc(-n2c3ccccc3c3cc(-c4ccc5c(c4)c4ccccc4n5-c4ccccc4)ccc32)cc1.Cc1ccc(-n2c3ccccc3c3cc4c(cc32)C(C)(C)c2ccccc2-4)cc1.Cc1cccc(-n2c3ccccc3c3cc(-c4ccc5c(c4)c4ccccc4n5-c4ccccc4)ccc32)c1.Cc1cccc(-n2c3ccccc3c3cc4c(cc32)C(C)(C)c2ccccc2-4)c1. The number of benzene rings is 20. The Morgan fingerprint density at radius 3 is 0.684 bits per heavy atom. The van der Waals surface area contributed by atoms with Gasteiger partial charge in [-0.2, -0.15) is 0 Å². The van der Waals surface area contributed by atoms with Gasteiger partial charge >= 0.3 is 0 Å². The number of aromatic nitrogens is 6. The number of para-hydroxylation sites is 8. The maximum Gasteiger partial charge on any atom is 0.0544 e. The molecule has 0 saturated heterocycles. The second-order valence-corrected chi connectivity index (χ2v) is 38.2. The molecule has 28 rings (SSSR count). The Balaban J connectivity index is 0.0000000975. The molecule has 0 spiro atoms. The maximum atomic E-state index is 2.44. The summed E-state index contributed by atoms with van der Waals surface area (Å²) >= 11 is 0. The van der Waals surface area contributed by atoms with E-state index in [4.69, 9.17) is 0 Å². The van der Waals surface area contributed by atoms with Crippen molar-refractivity contribution in [2.24, 2.45) is 0 Å². The smallest absolute Gasteiger partial charge is 0.0544 e. The first-order chi connectivity index (χ1) is 66.6. The van der Waals surface area contributed by atoms with E-state index in [1.807, 2.05) is 0 Å². The fourth-order valence-electron chi connectivity index (χ4n) is 22.7. The number of hydrogen-bond acceptors (Lipinski definition) is 0. The molecular formula is C130H98N6. The van der Waals surface area contributed by atoms with Crippen LogP contribution in [-0.4, -0.2) is 27.4 Å². The van der Waals surface area contributed by atoms with Crippen molar-refractivity contribution < 1.29 is 0 Å². The summed E-state index contributed by atoms with van der Waals surface area (Å²) in [5.74, 6) is 0. The Bertz CT molecular complexity index is 9320. The standard InChI is InChI=1S/2C37H26N2.2C28H23N/c1-25-10-9-13-29(22-25)39-35-17-8-6-15-31(35)33-24-27(19-21-37(33)39)26-18-20-36-32(23-26)30-14-5-7-16-34(30)38(36)28-11-3-2-4-12-28;1-25-15-19-29(20-16-25)39-35-14-8-6-12-31(35)33-24-27(18-22-37(33)39)26-17-21-36-32(23-26)30-11-5-7-13-34(30)38(36)28-9-3-2-4-10-28;1-18-9-8-10-19(15-18)29-26-14-7-5-12-21(26)23-16-22-20-11-4-6-13-24(20)28(2,3)25(22)17-27(23)29;1-18-12-14-19(15-13-18)29-26-11-7-5-9-21(26)23-16-22-20-8-4-6-10-24(20)28(2,3)25(22)17-27(23)29/h2*2-24H,1H3;2*4-17H,1-3H3. The molecule has 0 aliphatic heterocycles. The highest BCUT2D eigenvalue weighted by atomic mass is 15.0. The number of rotatable bonds is 8. The summed E-state index contributed by atoms with van der Waals surface area (Å²) in [6.07, 6.45) is 0. The lowest BCUT2D eigenvalue weighted by Gasteiger charge is -2.21. The monoisotopic (exact) mass is 1740 g/mol. The lowest BCUT2D eigenvalue weighted by Crippen LogP contribution is -2.14. The quantitative estimate of drug-likeness (QED) is 0.145. The average molecular weight is 1740 g/mol. The van der Waals surface area contributed by atoms with Gasteiger partial charge in [-0.25, -0.2) is 0 Å². The zero-order valence-electron chi connectivity index (χ0n) is 77.4. The van der Waals surface area contributed by atoms with E-state index in [0.29, 0.717) is 0 Å². The van der Waals surface area contributed by atoms with Crippen LogP contribution in [0.4, 0.5) is 0 Å². The summed E-state index contributed by atoms with van der Waals surface area (Å²) in [6, 6.07) is 164. The molecule has 2 aliphatic rings. The van der Waals surface area contributed by atoms with Crippen LogP contribution in [-0.2, 0) is 10.8 Å². The number of nitrogens with zero attached hydrogens (tertiary/aromatic N) is 6. The second-order valence-electron chi connectivity index (χ2n) is 38.2. The highest BCUT2D eigenvalue weighted by Crippen LogP contribution is 2.54. The molecule has 0 atom stereocenters. The maximum absolute atomic E-state index is 2.44. The summed E-state index contributed by atoms with van der Waals surface area (Å²) in [5.41, 5.74) is 43.4. The van der Waals surface area contributed by atoms with Crippen LogP contribution in [0.5, 0.6) is 0 Å². The lowest BCUT2D eigenvalue weighted by molar-refractivity contribution is 0.661. The van der Waals surface area contributed by atoms with Crippen LogP contribution in [0.2, 0.25) is 0 Å². The molecule has 6 heteroatoms. The Labute approximate surface area is 791 Å². The summed E-state index contributed by atoms with van der Waals surface area (Å²) in [7, 11) is 0. The molecule has 6 aromatic heterocycles. The minimum Gasteiger partial charge on any atom is -0.309 e. The van der Waals surface area contributed by atoms with Crippen molar-refractivity contribution in [1.82, 2.24) is 27.4 Å². The van der Waals surface area contributed by atoms with Crippen molar-refractivity contribution >= 4 is 131 Å². The Morgan fingerprint density at radius 2 is 0.375 bits per heavy atom. The number of hydrogen-bond donors (Lipinski definition) is 0. The van der Waals surface area contributed by atoms with Crippen LogP contribution in [0.1, 0.15) is 72.2 Å². The van der Waals surface area contributed by atoms with Gasteiger partial charge in [-0.3, -0.25) is 0 Å². The van der Waals surface area contributed by atoms with Crippen molar-refractivity contribution in [3.05, 3.63) is 493 Å². The van der Waals surface area contributed by atoms with E-state index in [9.17, 15) is 0 Å². The molecule has 0 N–H and O–H groups in total. The van der Waals surface area contributed by atoms with Crippen LogP contribution >= 0.6 is 0 Å². The van der Waals surface area contributed by atoms with Gasteiger partial charge in [-0.1, -0.05) is 306 Å². The van der Waals surface area contributed by atoms with Crippen LogP contribution < -0.4 is 0 Å². The van der Waals surface area contributed by atoms with Crippen LogP contribution in [0, 0.1) is 27.7 Å². The molecule has 0 saturated carbocycles. The van der Waals surface area contributed by atoms with Crippen molar-refractivity contribution in [3.8, 4) is 78.6 Å². The molecule has 26 aromatic rings. The molecule has 0 fully saturated rings. The first kappa shape index (κ1) is 81.2. The van der Waals surface area contributed by atoms with Gasteiger partial charge in [-0.05, 0) is 288 Å². The summed E-state index contributed by atoms with van der Waals surface area (Å²) in [5, 5.41) is 15.5. The van der Waals surface area contributed by atoms with E-state index < -0.39 is 0 Å². The molecule has 0 unspecified atom stereocenters. The first-order valence-corrected chi connectivity index (χ1v) is 47.5. The minimum absolute atomic E-state index is 0.00794. The van der Waals surface area contributed by atoms with E-state index in [0.717, 1.165) is 0 Å². The fraction of sp³-hybridized carbons (Fsp3) is 0.0769. The van der Waals surface area contributed by atoms with E-state index in [2.05, 4.69) is 532 Å². The van der Waals surface area contributed by atoms with Crippen molar-refractivity contribution in [2.45, 2.75) is 66.2 Å². The van der Waals surface area contributed by atoms with E-state index >= 15 is 0 Å². The molecule has 0 amide bonds. The van der Waals surface area contributed by atoms with Crippen molar-refractivity contribution in [3.63, 3.8) is 0 Å². The summed E-state index contributed by atoms with van der Waals surface area (Å²) in [4.78, 5) is 0. The Kier molecular flexibility index (Phi) is 19.1. The van der Waals surface area contributed by atoms with Gasteiger partial charge in [0, 0.05) is 110 Å². The molecule has 6 heterocycles. The van der Waals surface area contributed by atoms with Gasteiger partial charge in [0.1, 0.15) is 0 Å². The van der Waals surface area contributed by atoms with E-state index in [1.165, 1.54) is 254 Å². The van der Waals surface area contributed by atoms with Gasteiger partial charge < -0.3 is 27.4 Å². The first-order valence-electron chi connectivity index (χ1n) is 47.5. The van der Waals surface area contributed by atoms with Gasteiger partial charge in [0.25, 0.3) is 0 Å². The molecule has 2 aliphatic carbocycles. The van der Waals surface area contributed by atoms with Crippen molar-refractivity contribution in [2.75, 3.05) is 0 Å². The van der Waals surface area contributed by atoms with Gasteiger partial charge in [0.2, 0.25) is 0 Å². The molecule has 0 bridgehead atoms. The zero-order chi connectivity index (χ0) is 91.3. The Morgan fingerprint density at radius 1 is 0.140 bits per heavy atom. The van der Waals surface area contributed by atoms with E-state index in [-0.39, 0.29) is 10.8 Å². The minimum atomic E-state index is 0.00794. The Hall–Kier alpha value is -16.8. The molecule has 0 radical (unpaired) electrons. The van der Waals surface area contributed by atoms with Gasteiger partial charge in [0.05, 0.1) is 66.2 Å². The highest BCUT2D eigenvalue weighted by molar-refractivity contribution is 6.17. The third kappa shape index (κ3) is 13.1. The highest BCUT2D eigenvalue weighted by Gasteiger charge is 2.38. The average Bonchev–Trinajstić information content (AvgIpc) is 1.56. The summed E-state index contributed by atoms with van der Waals surface area (Å²) < 4.78 is 14.4. The van der Waals surface area contributed by atoms with Crippen LogP contribution in [0.25, 0.3) is 209 Å². The number of aryl methyl sites for hydroxylation is 4. The third-order valence-electron chi connectivity index (χ3n) is 29.2. The molecule has 136 heavy (non-hydrogen) atoms. The van der Waals surface area contributed by atoms with Crippen LogP contribution in [0.15, 0.2) is 449 Å². The molecular weight excluding hydrogens is 1650 g/mol. The fourth-order valence-corrected chi connectivity index (χ4v) is 22.7. The molecule has 6 nitrogen and oxygen atoms in total. The third-order valence-corrected chi connectivity index (χ3v) is 29.2. The van der Waals surface area contributed by atoms with Crippen LogP contribution in [0.3, 0.4) is 0 Å². The normalized spacial score (nSPS) is 12.8.